The summed E-state index contributed by atoms with van der Waals surface area (Å²) in [7, 11) is 0. The van der Waals surface area contributed by atoms with Crippen molar-refractivity contribution in [3.05, 3.63) is 78.2 Å². The Bertz CT molecular complexity index is 822. The lowest BCUT2D eigenvalue weighted by molar-refractivity contribution is 0.256. The summed E-state index contributed by atoms with van der Waals surface area (Å²) in [4.78, 5) is 15.9. The second-order valence-electron chi connectivity index (χ2n) is 6.57. The Balaban J connectivity index is 1.44. The molecule has 1 saturated heterocycles. The predicted molar refractivity (Wildman–Crippen MR) is 103 cm³/mol. The summed E-state index contributed by atoms with van der Waals surface area (Å²) in [5, 5.41) is 3.19. The van der Waals surface area contributed by atoms with Crippen LogP contribution in [0, 0.1) is 0 Å². The maximum absolute atomic E-state index is 4.75. The minimum atomic E-state index is 0.367. The highest BCUT2D eigenvalue weighted by Gasteiger charge is 2.27. The Kier molecular flexibility index (Phi) is 5.17. The van der Waals surface area contributed by atoms with E-state index >= 15 is 0 Å². The number of hydrogen-bond donors (Lipinski definition) is 1. The van der Waals surface area contributed by atoms with Crippen molar-refractivity contribution < 1.29 is 0 Å². The highest BCUT2D eigenvalue weighted by Crippen LogP contribution is 2.31. The molecule has 0 amide bonds. The maximum Gasteiger partial charge on any atom is 0.228 e. The van der Waals surface area contributed by atoms with Crippen LogP contribution < -0.4 is 5.32 Å². The largest absolute Gasteiger partial charge is 0.309 e. The SMILES string of the molecule is c1ccc(CCN2CCC[C@@H]2c2ccnc(Nc3ccccn3)n2)cc1. The monoisotopic (exact) mass is 345 g/mol. The highest BCUT2D eigenvalue weighted by atomic mass is 15.2. The van der Waals surface area contributed by atoms with Crippen molar-refractivity contribution >= 4 is 11.8 Å². The van der Waals surface area contributed by atoms with Crippen molar-refractivity contribution in [3.63, 3.8) is 0 Å². The lowest BCUT2D eigenvalue weighted by Crippen LogP contribution is -2.26. The second kappa shape index (κ2) is 8.06. The summed E-state index contributed by atoms with van der Waals surface area (Å²) in [5.41, 5.74) is 2.47. The lowest BCUT2D eigenvalue weighted by atomic mass is 10.1. The summed E-state index contributed by atoms with van der Waals surface area (Å²) in [5.74, 6) is 1.37. The van der Waals surface area contributed by atoms with E-state index in [9.17, 15) is 0 Å². The van der Waals surface area contributed by atoms with Crippen molar-refractivity contribution in [2.24, 2.45) is 0 Å². The van der Waals surface area contributed by atoms with E-state index in [4.69, 9.17) is 4.98 Å². The molecule has 3 aromatic rings. The molecule has 1 N–H and O–H groups in total. The fourth-order valence-corrected chi connectivity index (χ4v) is 3.52. The number of rotatable bonds is 6. The van der Waals surface area contributed by atoms with Gasteiger partial charge in [0.15, 0.2) is 0 Å². The first kappa shape index (κ1) is 16.7. The van der Waals surface area contributed by atoms with Crippen LogP contribution in [0.1, 0.15) is 30.1 Å². The highest BCUT2D eigenvalue weighted by molar-refractivity contribution is 5.46. The van der Waals surface area contributed by atoms with Crippen LogP contribution in [-0.4, -0.2) is 32.9 Å². The van der Waals surface area contributed by atoms with Gasteiger partial charge in [-0.05, 0) is 49.6 Å². The number of pyridine rings is 1. The van der Waals surface area contributed by atoms with Gasteiger partial charge >= 0.3 is 0 Å². The van der Waals surface area contributed by atoms with E-state index in [1.54, 1.807) is 6.20 Å². The third kappa shape index (κ3) is 4.06. The smallest absolute Gasteiger partial charge is 0.228 e. The normalized spacial score (nSPS) is 17.3. The van der Waals surface area contributed by atoms with Gasteiger partial charge in [0, 0.05) is 18.9 Å². The maximum atomic E-state index is 4.75. The van der Waals surface area contributed by atoms with E-state index in [0.717, 1.165) is 37.4 Å². The van der Waals surface area contributed by atoms with E-state index < -0.39 is 0 Å². The number of nitrogens with zero attached hydrogens (tertiary/aromatic N) is 4. The van der Waals surface area contributed by atoms with Gasteiger partial charge in [0.25, 0.3) is 0 Å². The molecule has 5 heteroatoms. The van der Waals surface area contributed by atoms with Gasteiger partial charge in [-0.3, -0.25) is 4.90 Å². The molecular weight excluding hydrogens is 322 g/mol. The van der Waals surface area contributed by atoms with E-state index in [1.807, 2.05) is 30.5 Å². The van der Waals surface area contributed by atoms with E-state index in [2.05, 4.69) is 50.5 Å². The van der Waals surface area contributed by atoms with Crippen LogP contribution in [0.4, 0.5) is 11.8 Å². The second-order valence-corrected chi connectivity index (χ2v) is 6.57. The van der Waals surface area contributed by atoms with Crippen molar-refractivity contribution in [2.45, 2.75) is 25.3 Å². The Labute approximate surface area is 154 Å². The summed E-state index contributed by atoms with van der Waals surface area (Å²) >= 11 is 0. The fraction of sp³-hybridized carbons (Fsp3) is 0.286. The number of anilines is 2. The summed E-state index contributed by atoms with van der Waals surface area (Å²) in [6.45, 7) is 2.19. The minimum Gasteiger partial charge on any atom is -0.309 e. The van der Waals surface area contributed by atoms with Gasteiger partial charge in [0.2, 0.25) is 5.95 Å². The summed E-state index contributed by atoms with van der Waals surface area (Å²) in [6.07, 6.45) is 7.03. The van der Waals surface area contributed by atoms with Gasteiger partial charge < -0.3 is 5.32 Å². The van der Waals surface area contributed by atoms with Crippen LogP contribution in [0.3, 0.4) is 0 Å². The van der Waals surface area contributed by atoms with Gasteiger partial charge in [-0.2, -0.15) is 0 Å². The van der Waals surface area contributed by atoms with E-state index in [0.29, 0.717) is 12.0 Å². The Morgan fingerprint density at radius 1 is 0.962 bits per heavy atom. The van der Waals surface area contributed by atoms with E-state index in [-0.39, 0.29) is 0 Å². The third-order valence-corrected chi connectivity index (χ3v) is 4.82. The number of nitrogens with one attached hydrogen (secondary N) is 1. The van der Waals surface area contributed by atoms with Gasteiger partial charge in [0.05, 0.1) is 11.7 Å². The number of aromatic nitrogens is 3. The molecule has 2 aromatic heterocycles. The Morgan fingerprint density at radius 3 is 2.69 bits per heavy atom. The molecule has 4 rings (SSSR count). The molecule has 3 heterocycles. The molecule has 1 fully saturated rings. The zero-order valence-electron chi connectivity index (χ0n) is 14.8. The molecule has 1 atom stereocenters. The van der Waals surface area contributed by atoms with Gasteiger partial charge in [-0.25, -0.2) is 15.0 Å². The van der Waals surface area contributed by atoms with Crippen LogP contribution in [0.5, 0.6) is 0 Å². The van der Waals surface area contributed by atoms with Gasteiger partial charge in [-0.1, -0.05) is 36.4 Å². The molecule has 0 spiro atoms. The molecule has 0 radical (unpaired) electrons. The zero-order valence-corrected chi connectivity index (χ0v) is 14.8. The molecule has 26 heavy (non-hydrogen) atoms. The van der Waals surface area contributed by atoms with Crippen LogP contribution in [0.25, 0.3) is 0 Å². The first-order valence-electron chi connectivity index (χ1n) is 9.17. The molecule has 0 bridgehead atoms. The molecule has 1 aromatic carbocycles. The lowest BCUT2D eigenvalue weighted by Gasteiger charge is -2.24. The average molecular weight is 345 g/mol. The standard InChI is InChI=1S/C21H23N5/c1-2-7-17(8-3-1)12-16-26-15-6-9-19(26)18-11-14-23-21(24-18)25-20-10-4-5-13-22-20/h1-5,7-8,10-11,13-14,19H,6,9,12,15-16H2,(H,22,23,24,25)/t19-/m1/s1. The van der Waals surface area contributed by atoms with Gasteiger partial charge in [0.1, 0.15) is 5.82 Å². The minimum absolute atomic E-state index is 0.367. The van der Waals surface area contributed by atoms with Gasteiger partial charge in [-0.15, -0.1) is 0 Å². The van der Waals surface area contributed by atoms with Crippen LogP contribution in [0.2, 0.25) is 0 Å². The Morgan fingerprint density at radius 2 is 1.85 bits per heavy atom. The molecule has 1 aliphatic heterocycles. The van der Waals surface area contributed by atoms with Crippen molar-refractivity contribution in [1.82, 2.24) is 19.9 Å². The molecule has 0 aliphatic carbocycles. The van der Waals surface area contributed by atoms with E-state index in [1.165, 1.54) is 12.0 Å². The molecule has 132 valence electrons. The molecule has 1 aliphatic rings. The summed E-state index contributed by atoms with van der Waals surface area (Å²) < 4.78 is 0. The first-order valence-corrected chi connectivity index (χ1v) is 9.17. The summed E-state index contributed by atoms with van der Waals surface area (Å²) in [6, 6.07) is 18.8. The topological polar surface area (TPSA) is 53.9 Å². The van der Waals surface area contributed by atoms with Crippen LogP contribution in [0.15, 0.2) is 67.0 Å². The van der Waals surface area contributed by atoms with Crippen molar-refractivity contribution in [1.29, 1.82) is 0 Å². The predicted octanol–water partition coefficient (Wildman–Crippen LogP) is 3.99. The molecule has 0 saturated carbocycles. The molecule has 0 unspecified atom stereocenters. The van der Waals surface area contributed by atoms with Crippen molar-refractivity contribution in [3.8, 4) is 0 Å². The number of benzene rings is 1. The first-order chi connectivity index (χ1) is 12.9. The third-order valence-electron chi connectivity index (χ3n) is 4.82. The number of hydrogen-bond acceptors (Lipinski definition) is 5. The number of likely N-dealkylation sites (tertiary alicyclic amines) is 1. The quantitative estimate of drug-likeness (QED) is 0.732. The molecular formula is C21H23N5. The fourth-order valence-electron chi connectivity index (χ4n) is 3.52. The van der Waals surface area contributed by atoms with Crippen molar-refractivity contribution in [2.75, 3.05) is 18.4 Å². The zero-order chi connectivity index (χ0) is 17.6. The van der Waals surface area contributed by atoms with Crippen LogP contribution >= 0.6 is 0 Å². The average Bonchev–Trinajstić information content (AvgIpc) is 3.17. The van der Waals surface area contributed by atoms with Crippen LogP contribution in [-0.2, 0) is 6.42 Å². The molecule has 5 nitrogen and oxygen atoms in total. The Hall–Kier alpha value is -2.79.